The lowest BCUT2D eigenvalue weighted by Gasteiger charge is -2.10. The van der Waals surface area contributed by atoms with E-state index in [9.17, 15) is 4.79 Å². The molecule has 0 fully saturated rings. The number of methoxy groups -OCH3 is 2. The summed E-state index contributed by atoms with van der Waals surface area (Å²) < 4.78 is 11.2. The normalized spacial score (nSPS) is 10.4. The number of halogens is 1. The van der Waals surface area contributed by atoms with Gasteiger partial charge in [-0.3, -0.25) is 0 Å². The molecule has 0 unspecified atom stereocenters. The second kappa shape index (κ2) is 5.80. The highest BCUT2D eigenvalue weighted by Gasteiger charge is 2.18. The summed E-state index contributed by atoms with van der Waals surface area (Å²) >= 11 is 4.57. The van der Waals surface area contributed by atoms with Crippen LogP contribution in [0.5, 0.6) is 11.5 Å². The topological polar surface area (TPSA) is 68.7 Å². The van der Waals surface area contributed by atoms with Crippen LogP contribution in [0, 0.1) is 6.92 Å². The van der Waals surface area contributed by atoms with E-state index >= 15 is 0 Å². The highest BCUT2D eigenvalue weighted by atomic mass is 79.9. The number of aromatic carboxylic acids is 1. The van der Waals surface area contributed by atoms with Crippen LogP contribution in [0.25, 0.3) is 10.6 Å². The molecule has 0 spiro atoms. The number of hydrogen-bond donors (Lipinski definition) is 1. The average Bonchev–Trinajstić information content (AvgIpc) is 2.80. The maximum Gasteiger partial charge on any atom is 0.347 e. The lowest BCUT2D eigenvalue weighted by Crippen LogP contribution is -1.94. The van der Waals surface area contributed by atoms with Gasteiger partial charge >= 0.3 is 5.97 Å². The van der Waals surface area contributed by atoms with Gasteiger partial charge in [0.15, 0.2) is 11.5 Å². The number of nitrogens with zero attached hydrogens (tertiary/aromatic N) is 1. The number of rotatable bonds is 4. The van der Waals surface area contributed by atoms with Crippen LogP contribution in [0.2, 0.25) is 0 Å². The molecule has 1 heterocycles. The van der Waals surface area contributed by atoms with Gasteiger partial charge in [-0.15, -0.1) is 11.3 Å². The van der Waals surface area contributed by atoms with E-state index in [0.29, 0.717) is 22.2 Å². The number of ether oxygens (including phenoxy) is 2. The molecule has 0 atom stereocenters. The first-order chi connectivity index (χ1) is 9.47. The lowest BCUT2D eigenvalue weighted by molar-refractivity contribution is 0.0701. The number of carbonyl (C=O) groups is 1. The molecule has 0 bridgehead atoms. The Morgan fingerprint density at radius 3 is 2.40 bits per heavy atom. The monoisotopic (exact) mass is 357 g/mol. The predicted molar refractivity (Wildman–Crippen MR) is 80.1 cm³/mol. The standard InChI is InChI=1S/C13H12BrNO4S/c1-6-11(13(16)17)20-12(15-6)7-4-9(18-2)10(19-3)5-8(7)14/h4-5H,1-3H3,(H,16,17). The molecule has 2 rings (SSSR count). The minimum absolute atomic E-state index is 0.238. The molecular formula is C13H12BrNO4S. The zero-order chi connectivity index (χ0) is 14.9. The number of aromatic nitrogens is 1. The molecule has 0 aliphatic carbocycles. The Morgan fingerprint density at radius 1 is 1.30 bits per heavy atom. The molecule has 1 aromatic heterocycles. The lowest BCUT2D eigenvalue weighted by atomic mass is 10.2. The third kappa shape index (κ3) is 2.64. The van der Waals surface area contributed by atoms with Gasteiger partial charge in [-0.05, 0) is 35.0 Å². The van der Waals surface area contributed by atoms with Gasteiger partial charge in [0, 0.05) is 10.0 Å². The fourth-order valence-electron chi connectivity index (χ4n) is 1.73. The van der Waals surface area contributed by atoms with Gasteiger partial charge in [0.1, 0.15) is 9.88 Å². The second-order valence-electron chi connectivity index (χ2n) is 3.93. The molecule has 1 N–H and O–H groups in total. The molecule has 1 aromatic carbocycles. The maximum atomic E-state index is 11.1. The predicted octanol–water partition coefficient (Wildman–Crippen LogP) is 3.60. The van der Waals surface area contributed by atoms with Crippen molar-refractivity contribution in [2.45, 2.75) is 6.92 Å². The molecule has 0 aliphatic heterocycles. The molecule has 0 saturated carbocycles. The summed E-state index contributed by atoms with van der Waals surface area (Å²) in [6.07, 6.45) is 0. The summed E-state index contributed by atoms with van der Waals surface area (Å²) in [6.45, 7) is 1.68. The van der Waals surface area contributed by atoms with E-state index in [1.54, 1.807) is 33.3 Å². The van der Waals surface area contributed by atoms with Crippen molar-refractivity contribution >= 4 is 33.2 Å². The first-order valence-corrected chi connectivity index (χ1v) is 7.21. The molecule has 0 radical (unpaired) electrons. The van der Waals surface area contributed by atoms with Gasteiger partial charge in [0.05, 0.1) is 19.9 Å². The number of hydrogen-bond acceptors (Lipinski definition) is 5. The van der Waals surface area contributed by atoms with Gasteiger partial charge in [0.25, 0.3) is 0 Å². The Hall–Kier alpha value is -1.60. The van der Waals surface area contributed by atoms with Crippen LogP contribution in [0.4, 0.5) is 0 Å². The van der Waals surface area contributed by atoms with Crippen molar-refractivity contribution in [3.63, 3.8) is 0 Å². The van der Waals surface area contributed by atoms with Gasteiger partial charge < -0.3 is 14.6 Å². The van der Waals surface area contributed by atoms with Gasteiger partial charge in [-0.25, -0.2) is 9.78 Å². The number of carboxylic acid groups (broad SMARTS) is 1. The second-order valence-corrected chi connectivity index (χ2v) is 5.78. The quantitative estimate of drug-likeness (QED) is 0.905. The Kier molecular flexibility index (Phi) is 4.29. The number of aryl methyl sites for hydroxylation is 1. The molecular weight excluding hydrogens is 346 g/mol. The van der Waals surface area contributed by atoms with Crippen molar-refractivity contribution in [1.29, 1.82) is 0 Å². The van der Waals surface area contributed by atoms with Crippen LogP contribution >= 0.6 is 27.3 Å². The largest absolute Gasteiger partial charge is 0.493 e. The van der Waals surface area contributed by atoms with Gasteiger partial charge in [-0.1, -0.05) is 0 Å². The molecule has 7 heteroatoms. The highest BCUT2D eigenvalue weighted by molar-refractivity contribution is 9.10. The first-order valence-electron chi connectivity index (χ1n) is 5.60. The summed E-state index contributed by atoms with van der Waals surface area (Å²) in [5.74, 6) is 0.188. The highest BCUT2D eigenvalue weighted by Crippen LogP contribution is 2.40. The Morgan fingerprint density at radius 2 is 1.90 bits per heavy atom. The molecule has 0 amide bonds. The SMILES string of the molecule is COc1cc(Br)c(-c2nc(C)c(C(=O)O)s2)cc1OC. The Bertz CT molecular complexity index is 669. The Balaban J connectivity index is 2.58. The number of thiazole rings is 1. The fraction of sp³-hybridized carbons (Fsp3) is 0.231. The minimum Gasteiger partial charge on any atom is -0.493 e. The summed E-state index contributed by atoms with van der Waals surface area (Å²) in [5, 5.41) is 9.71. The molecule has 20 heavy (non-hydrogen) atoms. The molecule has 5 nitrogen and oxygen atoms in total. The third-order valence-corrected chi connectivity index (χ3v) is 4.53. The maximum absolute atomic E-state index is 11.1. The van der Waals surface area contributed by atoms with Crippen LogP contribution in [0.1, 0.15) is 15.4 Å². The zero-order valence-electron chi connectivity index (χ0n) is 11.1. The summed E-state index contributed by atoms with van der Waals surface area (Å²) in [7, 11) is 3.10. The first kappa shape index (κ1) is 14.8. The van der Waals surface area contributed by atoms with E-state index in [1.807, 2.05) is 0 Å². The number of carboxylic acids is 1. The van der Waals surface area contributed by atoms with Crippen molar-refractivity contribution in [3.8, 4) is 22.1 Å². The zero-order valence-corrected chi connectivity index (χ0v) is 13.5. The van der Waals surface area contributed by atoms with Crippen LogP contribution in [0.15, 0.2) is 16.6 Å². The average molecular weight is 358 g/mol. The van der Waals surface area contributed by atoms with Crippen LogP contribution in [-0.2, 0) is 0 Å². The van der Waals surface area contributed by atoms with Crippen molar-refractivity contribution in [1.82, 2.24) is 4.98 Å². The molecule has 0 saturated heterocycles. The van der Waals surface area contributed by atoms with E-state index in [2.05, 4.69) is 20.9 Å². The number of benzene rings is 1. The van der Waals surface area contributed by atoms with Crippen molar-refractivity contribution in [2.24, 2.45) is 0 Å². The van der Waals surface area contributed by atoms with E-state index in [4.69, 9.17) is 14.6 Å². The van der Waals surface area contributed by atoms with E-state index in [1.165, 1.54) is 0 Å². The summed E-state index contributed by atoms with van der Waals surface area (Å²) in [6, 6.07) is 3.54. The smallest absolute Gasteiger partial charge is 0.347 e. The third-order valence-electron chi connectivity index (χ3n) is 2.69. The van der Waals surface area contributed by atoms with Crippen LogP contribution in [-0.4, -0.2) is 30.3 Å². The molecule has 2 aromatic rings. The van der Waals surface area contributed by atoms with Crippen molar-refractivity contribution < 1.29 is 19.4 Å². The summed E-state index contributed by atoms with van der Waals surface area (Å²) in [4.78, 5) is 15.6. The van der Waals surface area contributed by atoms with Crippen molar-refractivity contribution in [2.75, 3.05) is 14.2 Å². The molecule has 106 valence electrons. The molecule has 0 aliphatic rings. The Labute approximate surface area is 128 Å². The minimum atomic E-state index is -0.970. The van der Waals surface area contributed by atoms with Gasteiger partial charge in [-0.2, -0.15) is 0 Å². The van der Waals surface area contributed by atoms with E-state index in [-0.39, 0.29) is 4.88 Å². The fourth-order valence-corrected chi connectivity index (χ4v) is 3.30. The summed E-state index contributed by atoms with van der Waals surface area (Å²) in [5.41, 5.74) is 1.27. The van der Waals surface area contributed by atoms with Crippen LogP contribution in [0.3, 0.4) is 0 Å². The van der Waals surface area contributed by atoms with Crippen molar-refractivity contribution in [3.05, 3.63) is 27.2 Å². The van der Waals surface area contributed by atoms with Crippen LogP contribution < -0.4 is 9.47 Å². The van der Waals surface area contributed by atoms with Gasteiger partial charge in [0.2, 0.25) is 0 Å². The van der Waals surface area contributed by atoms with E-state index < -0.39 is 5.97 Å². The van der Waals surface area contributed by atoms with E-state index in [0.717, 1.165) is 21.4 Å².